The topological polar surface area (TPSA) is 80.0 Å². The second kappa shape index (κ2) is 8.56. The summed E-state index contributed by atoms with van der Waals surface area (Å²) in [6, 6.07) is 11.1. The molecular weight excluding hydrogens is 456 g/mol. The smallest absolute Gasteiger partial charge is 0.103 e. The largest absolute Gasteiger partial charge is 0.306 e. The number of hydrogen-bond acceptors (Lipinski definition) is 6. The number of benzene rings is 1. The van der Waals surface area contributed by atoms with Crippen LogP contribution in [0.2, 0.25) is 0 Å². The lowest BCUT2D eigenvalue weighted by molar-refractivity contribution is 0.210. The highest BCUT2D eigenvalue weighted by Gasteiger charge is 2.23. The van der Waals surface area contributed by atoms with Crippen molar-refractivity contribution < 1.29 is 0 Å². The normalized spacial score (nSPS) is 15.3. The van der Waals surface area contributed by atoms with Gasteiger partial charge in [0, 0.05) is 45.2 Å². The molecule has 1 aromatic carbocycles. The van der Waals surface area contributed by atoms with Crippen LogP contribution >= 0.6 is 11.8 Å². The molecule has 6 rings (SSSR count). The van der Waals surface area contributed by atoms with E-state index in [1.54, 1.807) is 18.0 Å². The van der Waals surface area contributed by atoms with E-state index in [2.05, 4.69) is 58.0 Å². The van der Waals surface area contributed by atoms with Gasteiger partial charge >= 0.3 is 0 Å². The molecule has 1 fully saturated rings. The molecule has 5 aromatic rings. The van der Waals surface area contributed by atoms with Crippen LogP contribution in [0.25, 0.3) is 27.5 Å². The number of rotatable bonds is 4. The molecular formula is C26H26N8S. The lowest BCUT2D eigenvalue weighted by Gasteiger charge is -2.29. The summed E-state index contributed by atoms with van der Waals surface area (Å²) in [4.78, 5) is 4.46. The Morgan fingerprint density at radius 2 is 1.86 bits per heavy atom. The highest BCUT2D eigenvalue weighted by molar-refractivity contribution is 7.99. The quantitative estimate of drug-likeness (QED) is 0.370. The molecule has 0 N–H and O–H groups in total. The van der Waals surface area contributed by atoms with Gasteiger partial charge in [0.1, 0.15) is 6.07 Å². The lowest BCUT2D eigenvalue weighted by atomic mass is 10.0. The average molecular weight is 483 g/mol. The minimum atomic E-state index is 0.426. The molecule has 176 valence electrons. The fourth-order valence-electron chi connectivity index (χ4n) is 5.06. The second-order valence-corrected chi connectivity index (χ2v) is 10.3. The van der Waals surface area contributed by atoms with Crippen LogP contribution in [0.1, 0.15) is 30.1 Å². The highest BCUT2D eigenvalue weighted by Crippen LogP contribution is 2.39. The number of piperidine rings is 1. The molecule has 1 aliphatic rings. The first kappa shape index (κ1) is 21.9. The van der Waals surface area contributed by atoms with Crippen molar-refractivity contribution in [2.75, 3.05) is 20.1 Å². The van der Waals surface area contributed by atoms with Crippen LogP contribution in [0.3, 0.4) is 0 Å². The molecule has 35 heavy (non-hydrogen) atoms. The number of nitrogens with zero attached hydrogens (tertiary/aromatic N) is 8. The predicted octanol–water partition coefficient (Wildman–Crippen LogP) is 4.68. The van der Waals surface area contributed by atoms with Gasteiger partial charge in [-0.3, -0.25) is 9.36 Å². The summed E-state index contributed by atoms with van der Waals surface area (Å²) in [5.41, 5.74) is 5.77. The first-order chi connectivity index (χ1) is 17.0. The van der Waals surface area contributed by atoms with Gasteiger partial charge < -0.3 is 4.90 Å². The van der Waals surface area contributed by atoms with E-state index < -0.39 is 0 Å². The van der Waals surface area contributed by atoms with Gasteiger partial charge in [0.15, 0.2) is 0 Å². The van der Waals surface area contributed by atoms with Crippen LogP contribution in [-0.4, -0.2) is 54.2 Å². The van der Waals surface area contributed by atoms with E-state index in [-0.39, 0.29) is 0 Å². The number of pyridine rings is 1. The van der Waals surface area contributed by atoms with Crippen molar-refractivity contribution >= 4 is 28.2 Å². The van der Waals surface area contributed by atoms with Crippen molar-refractivity contribution in [2.45, 2.75) is 35.6 Å². The average Bonchev–Trinajstić information content (AvgIpc) is 3.57. The summed E-state index contributed by atoms with van der Waals surface area (Å²) in [7, 11) is 4.13. The molecule has 5 heterocycles. The van der Waals surface area contributed by atoms with E-state index >= 15 is 0 Å². The lowest BCUT2D eigenvalue weighted by Crippen LogP contribution is -2.32. The number of aromatic nitrogens is 6. The third kappa shape index (κ3) is 3.70. The van der Waals surface area contributed by atoms with Crippen molar-refractivity contribution in [3.63, 3.8) is 0 Å². The molecule has 1 aliphatic heterocycles. The van der Waals surface area contributed by atoms with Crippen LogP contribution in [-0.2, 0) is 7.05 Å². The van der Waals surface area contributed by atoms with Crippen molar-refractivity contribution in [3.8, 4) is 17.2 Å². The van der Waals surface area contributed by atoms with E-state index in [0.717, 1.165) is 69.0 Å². The Bertz CT molecular complexity index is 1590. The van der Waals surface area contributed by atoms with Crippen molar-refractivity contribution in [1.82, 2.24) is 34.1 Å². The fraction of sp³-hybridized carbons (Fsp3) is 0.308. The summed E-state index contributed by atoms with van der Waals surface area (Å²) in [5, 5.41) is 24.6. The van der Waals surface area contributed by atoms with Crippen molar-refractivity contribution in [3.05, 3.63) is 60.3 Å². The summed E-state index contributed by atoms with van der Waals surface area (Å²) in [6.45, 7) is 4.34. The zero-order valence-corrected chi connectivity index (χ0v) is 20.8. The second-order valence-electron chi connectivity index (χ2n) is 9.24. The van der Waals surface area contributed by atoms with Gasteiger partial charge in [-0.1, -0.05) is 17.8 Å². The Hall–Kier alpha value is -3.61. The zero-order chi connectivity index (χ0) is 24.1. The monoisotopic (exact) mass is 482 g/mol. The van der Waals surface area contributed by atoms with Crippen LogP contribution in [0.5, 0.6) is 0 Å². The molecule has 0 spiro atoms. The summed E-state index contributed by atoms with van der Waals surface area (Å²) in [6.07, 6.45) is 9.74. The molecule has 8 nitrogen and oxygen atoms in total. The molecule has 0 atom stereocenters. The number of likely N-dealkylation sites (tertiary alicyclic amines) is 1. The maximum atomic E-state index is 9.74. The van der Waals surface area contributed by atoms with Gasteiger partial charge in [0.25, 0.3) is 0 Å². The third-order valence-electron chi connectivity index (χ3n) is 7.06. The molecule has 1 saturated heterocycles. The number of nitriles is 1. The first-order valence-electron chi connectivity index (χ1n) is 11.8. The van der Waals surface area contributed by atoms with Crippen LogP contribution < -0.4 is 0 Å². The first-order valence-corrected chi connectivity index (χ1v) is 12.6. The Labute approximate surface area is 207 Å². The maximum Gasteiger partial charge on any atom is 0.103 e. The SMILES string of the molecule is Cc1c(-c2cc(Sc3cccc4c3cnn4C)c3c(C#N)cnn3c2)cnn1C1CCN(C)CC1. The summed E-state index contributed by atoms with van der Waals surface area (Å²) < 4.78 is 5.90. The zero-order valence-electron chi connectivity index (χ0n) is 20.0. The molecule has 0 aliphatic carbocycles. The fourth-order valence-corrected chi connectivity index (χ4v) is 6.20. The van der Waals surface area contributed by atoms with Crippen molar-refractivity contribution in [2.24, 2.45) is 7.05 Å². The predicted molar refractivity (Wildman–Crippen MR) is 136 cm³/mol. The molecule has 0 bridgehead atoms. The number of hydrogen-bond donors (Lipinski definition) is 0. The van der Waals surface area contributed by atoms with E-state index in [9.17, 15) is 5.26 Å². The van der Waals surface area contributed by atoms with Crippen LogP contribution in [0, 0.1) is 18.3 Å². The number of fused-ring (bicyclic) bond motifs is 2. The van der Waals surface area contributed by atoms with E-state index in [1.165, 1.54) is 0 Å². The summed E-state index contributed by atoms with van der Waals surface area (Å²) in [5.74, 6) is 0. The van der Waals surface area contributed by atoms with Crippen LogP contribution in [0.4, 0.5) is 0 Å². The van der Waals surface area contributed by atoms with Gasteiger partial charge in [0.05, 0.1) is 41.2 Å². The Morgan fingerprint density at radius 3 is 2.66 bits per heavy atom. The minimum Gasteiger partial charge on any atom is -0.306 e. The van der Waals surface area contributed by atoms with E-state index in [1.807, 2.05) is 40.9 Å². The van der Waals surface area contributed by atoms with Gasteiger partial charge in [-0.25, -0.2) is 4.52 Å². The van der Waals surface area contributed by atoms with Gasteiger partial charge in [-0.15, -0.1) is 0 Å². The van der Waals surface area contributed by atoms with Gasteiger partial charge in [-0.2, -0.15) is 20.6 Å². The number of aryl methyl sites for hydroxylation is 1. The van der Waals surface area contributed by atoms with E-state index in [0.29, 0.717) is 11.6 Å². The Balaban J connectivity index is 1.45. The van der Waals surface area contributed by atoms with E-state index in [4.69, 9.17) is 5.10 Å². The Morgan fingerprint density at radius 1 is 1.03 bits per heavy atom. The molecule has 0 unspecified atom stereocenters. The summed E-state index contributed by atoms with van der Waals surface area (Å²) >= 11 is 1.65. The Kier molecular flexibility index (Phi) is 5.35. The van der Waals surface area contributed by atoms with Gasteiger partial charge in [0.2, 0.25) is 0 Å². The highest BCUT2D eigenvalue weighted by atomic mass is 32.2. The maximum absolute atomic E-state index is 9.74. The van der Waals surface area contributed by atoms with Gasteiger partial charge in [-0.05, 0) is 58.1 Å². The van der Waals surface area contributed by atoms with Crippen molar-refractivity contribution in [1.29, 1.82) is 5.26 Å². The minimum absolute atomic E-state index is 0.426. The molecule has 0 amide bonds. The standard InChI is InChI=1S/C26H26N8S/c1-17-21(14-30-34(17)20-7-9-31(2)10-8-20)18-11-25(26-19(12-27)13-29-33(26)16-18)35-24-6-4-5-23-22(24)15-28-32(23)3/h4-6,11,13-16,20H,7-10H2,1-3H3. The molecule has 9 heteroatoms. The molecule has 4 aromatic heterocycles. The third-order valence-corrected chi connectivity index (χ3v) is 8.17. The molecule has 0 radical (unpaired) electrons. The molecule has 0 saturated carbocycles. The van der Waals surface area contributed by atoms with Crippen LogP contribution in [0.15, 0.2) is 58.8 Å².